The summed E-state index contributed by atoms with van der Waals surface area (Å²) in [6.45, 7) is 8.09. The van der Waals surface area contributed by atoms with Crippen LogP contribution in [0.4, 0.5) is 5.82 Å². The molecule has 0 atom stereocenters. The van der Waals surface area contributed by atoms with E-state index in [1.54, 1.807) is 23.2 Å². The molecule has 8 heteroatoms. The number of rotatable bonds is 4. The molecule has 0 fully saturated rings. The van der Waals surface area contributed by atoms with Gasteiger partial charge < -0.3 is 9.73 Å². The highest BCUT2D eigenvalue weighted by atomic mass is 32.1. The van der Waals surface area contributed by atoms with Crippen molar-refractivity contribution < 1.29 is 9.21 Å². The minimum Gasteiger partial charge on any atom is -0.462 e. The molecule has 0 radical (unpaired) electrons. The fourth-order valence-corrected chi connectivity index (χ4v) is 3.66. The smallest absolute Gasteiger partial charge is 0.276 e. The van der Waals surface area contributed by atoms with Crippen LogP contribution in [0, 0.1) is 6.92 Å². The van der Waals surface area contributed by atoms with Crippen LogP contribution >= 0.6 is 11.3 Å². The fraction of sp³-hybridized carbons (Fsp3) is 0.238. The highest BCUT2D eigenvalue weighted by Gasteiger charge is 2.24. The van der Waals surface area contributed by atoms with Crippen LogP contribution < -0.4 is 5.32 Å². The van der Waals surface area contributed by atoms with E-state index in [-0.39, 0.29) is 11.3 Å². The van der Waals surface area contributed by atoms with Crippen LogP contribution in [0.1, 0.15) is 41.8 Å². The van der Waals surface area contributed by atoms with Gasteiger partial charge in [0.2, 0.25) is 0 Å². The van der Waals surface area contributed by atoms with Crippen molar-refractivity contribution in [3.05, 3.63) is 65.1 Å². The maximum absolute atomic E-state index is 13.0. The number of aryl methyl sites for hydroxylation is 1. The zero-order valence-electron chi connectivity index (χ0n) is 16.6. The molecule has 0 unspecified atom stereocenters. The lowest BCUT2D eigenvalue weighted by Gasteiger charge is -2.13. The third-order valence-corrected chi connectivity index (χ3v) is 5.31. The maximum atomic E-state index is 13.0. The van der Waals surface area contributed by atoms with Gasteiger partial charge in [0.25, 0.3) is 5.91 Å². The number of hydrogen-bond acceptors (Lipinski definition) is 6. The number of carbonyl (C=O) groups excluding carboxylic acids is 1. The number of thiazole rings is 1. The molecule has 4 rings (SSSR count). The third kappa shape index (κ3) is 3.84. The van der Waals surface area contributed by atoms with Crippen molar-refractivity contribution in [2.45, 2.75) is 33.1 Å². The molecule has 0 saturated heterocycles. The van der Waals surface area contributed by atoms with Crippen molar-refractivity contribution in [3.63, 3.8) is 0 Å². The van der Waals surface area contributed by atoms with E-state index in [0.29, 0.717) is 28.1 Å². The lowest BCUT2D eigenvalue weighted by molar-refractivity contribution is 0.102. The highest BCUT2D eigenvalue weighted by Crippen LogP contribution is 2.29. The van der Waals surface area contributed by atoms with E-state index in [1.807, 2.05) is 37.3 Å². The molecule has 0 aliphatic heterocycles. The molecular weight excluding hydrogens is 386 g/mol. The molecule has 0 aliphatic rings. The van der Waals surface area contributed by atoms with E-state index < -0.39 is 0 Å². The van der Waals surface area contributed by atoms with Crippen LogP contribution in [0.3, 0.4) is 0 Å². The normalized spacial score (nSPS) is 11.6. The van der Waals surface area contributed by atoms with Gasteiger partial charge in [0.15, 0.2) is 16.6 Å². The van der Waals surface area contributed by atoms with Gasteiger partial charge in [0.05, 0.1) is 12.0 Å². The highest BCUT2D eigenvalue weighted by molar-refractivity contribution is 7.15. The first kappa shape index (κ1) is 19.1. The van der Waals surface area contributed by atoms with Crippen molar-refractivity contribution in [2.75, 3.05) is 5.32 Å². The predicted octanol–water partition coefficient (Wildman–Crippen LogP) is 4.84. The van der Waals surface area contributed by atoms with E-state index in [4.69, 9.17) is 4.42 Å². The van der Waals surface area contributed by atoms with Crippen molar-refractivity contribution in [1.82, 2.24) is 19.7 Å². The van der Waals surface area contributed by atoms with Crippen molar-refractivity contribution in [1.29, 1.82) is 0 Å². The molecule has 0 saturated carbocycles. The lowest BCUT2D eigenvalue weighted by atomic mass is 9.92. The standard InChI is InChI=1S/C21H21N5O2S/c1-13-18(24-20(29-13)14-8-7-11-28-14)19(27)23-17-12-15(21(2,3)4)25-26(17)16-9-5-6-10-22-16/h5-12H,1-4H3,(H,23,27). The average Bonchev–Trinajstić information content (AvgIpc) is 3.41. The second-order valence-corrected chi connectivity index (χ2v) is 8.82. The first-order valence-electron chi connectivity index (χ1n) is 9.17. The largest absolute Gasteiger partial charge is 0.462 e. The van der Waals surface area contributed by atoms with E-state index >= 15 is 0 Å². The Balaban J connectivity index is 1.69. The zero-order valence-corrected chi connectivity index (χ0v) is 17.4. The van der Waals surface area contributed by atoms with Gasteiger partial charge in [-0.25, -0.2) is 9.97 Å². The number of aromatic nitrogens is 4. The summed E-state index contributed by atoms with van der Waals surface area (Å²) < 4.78 is 7.04. The van der Waals surface area contributed by atoms with Crippen LogP contribution in [0.2, 0.25) is 0 Å². The second-order valence-electron chi connectivity index (χ2n) is 7.62. The van der Waals surface area contributed by atoms with Gasteiger partial charge in [0, 0.05) is 22.6 Å². The fourth-order valence-electron chi connectivity index (χ4n) is 2.78. The number of nitrogens with one attached hydrogen (secondary N) is 1. The minimum atomic E-state index is -0.297. The summed E-state index contributed by atoms with van der Waals surface area (Å²) in [5, 5.41) is 8.30. The molecule has 0 spiro atoms. The molecule has 4 aromatic rings. The topological polar surface area (TPSA) is 85.8 Å². The Hall–Kier alpha value is -3.26. The Kier molecular flexibility index (Phi) is 4.79. The average molecular weight is 407 g/mol. The van der Waals surface area contributed by atoms with Crippen molar-refractivity contribution in [2.24, 2.45) is 0 Å². The van der Waals surface area contributed by atoms with Crippen LogP contribution in [0.5, 0.6) is 0 Å². The first-order chi connectivity index (χ1) is 13.8. The third-order valence-electron chi connectivity index (χ3n) is 4.33. The molecule has 148 valence electrons. The molecule has 4 aromatic heterocycles. The Morgan fingerprint density at radius 1 is 1.21 bits per heavy atom. The molecule has 7 nitrogen and oxygen atoms in total. The van der Waals surface area contributed by atoms with Crippen molar-refractivity contribution >= 4 is 23.1 Å². The summed E-state index contributed by atoms with van der Waals surface area (Å²) >= 11 is 1.42. The number of nitrogens with zero attached hydrogens (tertiary/aromatic N) is 4. The van der Waals surface area contributed by atoms with Gasteiger partial charge in [-0.1, -0.05) is 26.8 Å². The van der Waals surface area contributed by atoms with E-state index in [1.165, 1.54) is 11.3 Å². The number of amides is 1. The molecule has 0 aliphatic carbocycles. The van der Waals surface area contributed by atoms with Gasteiger partial charge in [-0.2, -0.15) is 9.78 Å². The number of carbonyl (C=O) groups is 1. The van der Waals surface area contributed by atoms with Crippen LogP contribution in [-0.2, 0) is 5.41 Å². The number of pyridine rings is 1. The zero-order chi connectivity index (χ0) is 20.6. The summed E-state index contributed by atoms with van der Waals surface area (Å²) in [7, 11) is 0. The lowest BCUT2D eigenvalue weighted by Crippen LogP contribution is -2.16. The Morgan fingerprint density at radius 2 is 2.03 bits per heavy atom. The minimum absolute atomic E-state index is 0.178. The SMILES string of the molecule is Cc1sc(-c2ccco2)nc1C(=O)Nc1cc(C(C)(C)C)nn1-c1ccccn1. The Morgan fingerprint density at radius 3 is 2.69 bits per heavy atom. The first-order valence-corrected chi connectivity index (χ1v) is 9.99. The molecule has 29 heavy (non-hydrogen) atoms. The van der Waals surface area contributed by atoms with Crippen LogP contribution in [0.15, 0.2) is 53.3 Å². The second kappa shape index (κ2) is 7.29. The molecule has 1 amide bonds. The predicted molar refractivity (Wildman–Crippen MR) is 113 cm³/mol. The summed E-state index contributed by atoms with van der Waals surface area (Å²) in [6, 6.07) is 11.1. The van der Waals surface area contributed by atoms with Crippen molar-refractivity contribution in [3.8, 4) is 16.6 Å². The van der Waals surface area contributed by atoms with Gasteiger partial charge in [-0.05, 0) is 31.2 Å². The van der Waals surface area contributed by atoms with Gasteiger partial charge in [-0.15, -0.1) is 11.3 Å². The van der Waals surface area contributed by atoms with Crippen LogP contribution in [-0.4, -0.2) is 25.7 Å². The van der Waals surface area contributed by atoms with Crippen LogP contribution in [0.25, 0.3) is 16.6 Å². The molecule has 1 N–H and O–H groups in total. The number of furan rings is 1. The maximum Gasteiger partial charge on any atom is 0.276 e. The van der Waals surface area contributed by atoms with Gasteiger partial charge in [0.1, 0.15) is 11.5 Å². The van der Waals surface area contributed by atoms with Gasteiger partial charge in [-0.3, -0.25) is 4.79 Å². The molecule has 0 bridgehead atoms. The molecule has 4 heterocycles. The summed E-state index contributed by atoms with van der Waals surface area (Å²) in [6.07, 6.45) is 3.28. The monoisotopic (exact) mass is 407 g/mol. The summed E-state index contributed by atoms with van der Waals surface area (Å²) in [5.41, 5.74) is 1.04. The quantitative estimate of drug-likeness (QED) is 0.523. The molecular formula is C21H21N5O2S. The Bertz CT molecular complexity index is 1140. The number of hydrogen-bond donors (Lipinski definition) is 1. The van der Waals surface area contributed by atoms with E-state index in [0.717, 1.165) is 10.6 Å². The van der Waals surface area contributed by atoms with E-state index in [2.05, 4.69) is 41.2 Å². The number of anilines is 1. The summed E-state index contributed by atoms with van der Waals surface area (Å²) in [5.74, 6) is 1.52. The Labute approximate surface area is 172 Å². The summed E-state index contributed by atoms with van der Waals surface area (Å²) in [4.78, 5) is 22.7. The van der Waals surface area contributed by atoms with Gasteiger partial charge >= 0.3 is 0 Å². The van der Waals surface area contributed by atoms with E-state index in [9.17, 15) is 4.79 Å². The molecule has 0 aromatic carbocycles.